The number of non-ortho nitro benzene ring substituents is 2. The molecule has 0 aromatic heterocycles. The minimum Gasteiger partial charge on any atom is -0.358 e. The van der Waals surface area contributed by atoms with Crippen LogP contribution in [0.1, 0.15) is 33.1 Å². The number of hydrogen-bond acceptors (Lipinski definition) is 8. The van der Waals surface area contributed by atoms with Crippen LogP contribution in [-0.2, 0) is 9.59 Å². The molecule has 0 unspecified atom stereocenters. The number of benzene rings is 3. The van der Waals surface area contributed by atoms with Gasteiger partial charge in [-0.3, -0.25) is 34.6 Å². The van der Waals surface area contributed by atoms with Crippen molar-refractivity contribution in [3.8, 4) is 0 Å². The van der Waals surface area contributed by atoms with Gasteiger partial charge in [0.25, 0.3) is 11.4 Å². The predicted octanol–water partition coefficient (Wildman–Crippen LogP) is 4.21. The maximum absolute atomic E-state index is 14.0. The van der Waals surface area contributed by atoms with Crippen molar-refractivity contribution < 1.29 is 24.2 Å². The van der Waals surface area contributed by atoms with Crippen LogP contribution in [0.2, 0.25) is 0 Å². The van der Waals surface area contributed by atoms with Crippen LogP contribution in [0, 0.1) is 39.0 Å². The molecule has 0 saturated carbocycles. The third-order valence-electron chi connectivity index (χ3n) is 7.70. The van der Waals surface area contributed by atoms with Crippen LogP contribution >= 0.6 is 0 Å². The average molecular weight is 524 g/mol. The fourth-order valence-electron chi connectivity index (χ4n) is 6.04. The monoisotopic (exact) mass is 524 g/mol. The summed E-state index contributed by atoms with van der Waals surface area (Å²) in [6, 6.07) is 14.9. The molecule has 0 spiro atoms. The minimum atomic E-state index is -1.09. The van der Waals surface area contributed by atoms with Crippen molar-refractivity contribution in [1.29, 1.82) is 0 Å². The second-order valence-corrected chi connectivity index (χ2v) is 9.74. The molecule has 0 N–H and O–H groups in total. The molecule has 3 aromatic rings. The van der Waals surface area contributed by atoms with E-state index in [1.165, 1.54) is 42.5 Å². The zero-order valence-electron chi connectivity index (χ0n) is 20.5. The molecule has 11 heteroatoms. The molecule has 0 aliphatic carbocycles. The quantitative estimate of drug-likeness (QED) is 0.209. The molecule has 11 nitrogen and oxygen atoms in total. The van der Waals surface area contributed by atoms with Crippen molar-refractivity contribution in [2.45, 2.75) is 19.0 Å². The molecule has 2 fully saturated rings. The third-order valence-corrected chi connectivity index (χ3v) is 7.70. The van der Waals surface area contributed by atoms with Gasteiger partial charge in [-0.05, 0) is 35.8 Å². The van der Waals surface area contributed by atoms with Crippen molar-refractivity contribution in [3.05, 3.63) is 115 Å². The standard InChI is InChI=1S/C28H20N4O7/c1-15-13-19(32(38)39)9-10-21(15)30-27(34)22-23(28(30)35)25(26(33)17-6-4-7-18(14-17)31(36)37)29-12-11-16-5-2-3-8-20(16)24(22)29/h2-14,22-25H,1H3/t22-,23+,24-,25-/m0/s1. The van der Waals surface area contributed by atoms with Crippen molar-refractivity contribution >= 4 is 40.7 Å². The van der Waals surface area contributed by atoms with Crippen LogP contribution in [0.5, 0.6) is 0 Å². The second kappa shape index (κ2) is 8.69. The van der Waals surface area contributed by atoms with Crippen molar-refractivity contribution in [1.82, 2.24) is 4.90 Å². The second-order valence-electron chi connectivity index (χ2n) is 9.74. The number of nitro groups is 2. The number of imide groups is 1. The first-order chi connectivity index (χ1) is 18.7. The molecular formula is C28H20N4O7. The molecule has 2 saturated heterocycles. The Kier molecular flexibility index (Phi) is 5.38. The first kappa shape index (κ1) is 24.2. The highest BCUT2D eigenvalue weighted by Crippen LogP contribution is 2.54. The van der Waals surface area contributed by atoms with Crippen molar-refractivity contribution in [2.75, 3.05) is 4.90 Å². The van der Waals surface area contributed by atoms with Gasteiger partial charge in [-0.25, -0.2) is 4.90 Å². The predicted molar refractivity (Wildman–Crippen MR) is 139 cm³/mol. The van der Waals surface area contributed by atoms with Gasteiger partial charge in [0.15, 0.2) is 5.78 Å². The number of nitro benzene ring substituents is 2. The number of aryl methyl sites for hydroxylation is 1. The van der Waals surface area contributed by atoms with E-state index in [0.717, 1.165) is 16.0 Å². The lowest BCUT2D eigenvalue weighted by molar-refractivity contribution is -0.385. The number of carbonyl (C=O) groups excluding carboxylic acids is 3. The molecule has 4 atom stereocenters. The highest BCUT2D eigenvalue weighted by Gasteiger charge is 2.64. The molecule has 0 bridgehead atoms. The maximum atomic E-state index is 14.0. The number of fused-ring (bicyclic) bond motifs is 5. The van der Waals surface area contributed by atoms with E-state index in [2.05, 4.69) is 0 Å². The molecular weight excluding hydrogens is 504 g/mol. The van der Waals surface area contributed by atoms with Crippen LogP contribution in [0.15, 0.2) is 72.9 Å². The van der Waals surface area contributed by atoms with Crippen LogP contribution < -0.4 is 4.90 Å². The molecule has 6 rings (SSSR count). The molecule has 39 heavy (non-hydrogen) atoms. The first-order valence-corrected chi connectivity index (χ1v) is 12.1. The molecule has 194 valence electrons. The van der Waals surface area contributed by atoms with Gasteiger partial charge in [0.2, 0.25) is 11.8 Å². The number of nitrogens with zero attached hydrogens (tertiary/aromatic N) is 4. The largest absolute Gasteiger partial charge is 0.358 e. The highest BCUT2D eigenvalue weighted by atomic mass is 16.6. The Morgan fingerprint density at radius 2 is 1.54 bits per heavy atom. The van der Waals surface area contributed by atoms with E-state index in [1.807, 2.05) is 30.3 Å². The third kappa shape index (κ3) is 3.54. The molecule has 2 amide bonds. The molecule has 3 aromatic carbocycles. The normalized spacial score (nSPS) is 22.9. The zero-order valence-corrected chi connectivity index (χ0v) is 20.5. The SMILES string of the molecule is Cc1cc([N+](=O)[O-])ccc1N1C(=O)[C@@H]2[C@H](C1=O)[C@@H]1c3ccccc3C=CN1[C@@H]2C(=O)c1cccc([N+](=O)[O-])c1. The van der Waals surface area contributed by atoms with Gasteiger partial charge in [-0.1, -0.05) is 36.4 Å². The van der Waals surface area contributed by atoms with Crippen molar-refractivity contribution in [2.24, 2.45) is 11.8 Å². The summed E-state index contributed by atoms with van der Waals surface area (Å²) in [6.45, 7) is 1.58. The Morgan fingerprint density at radius 1 is 0.846 bits per heavy atom. The summed E-state index contributed by atoms with van der Waals surface area (Å²) in [7, 11) is 0. The van der Waals surface area contributed by atoms with Crippen molar-refractivity contribution in [3.63, 3.8) is 0 Å². The summed E-state index contributed by atoms with van der Waals surface area (Å²) in [5.41, 5.74) is 1.85. The van der Waals surface area contributed by atoms with Gasteiger partial charge >= 0.3 is 0 Å². The lowest BCUT2D eigenvalue weighted by Crippen LogP contribution is -2.44. The van der Waals surface area contributed by atoms with E-state index in [-0.39, 0.29) is 22.6 Å². The summed E-state index contributed by atoms with van der Waals surface area (Å²) >= 11 is 0. The minimum absolute atomic E-state index is 0.0612. The van der Waals surface area contributed by atoms with Gasteiger partial charge < -0.3 is 4.90 Å². The lowest BCUT2D eigenvalue weighted by Gasteiger charge is -2.35. The summed E-state index contributed by atoms with van der Waals surface area (Å²) in [5.74, 6) is -3.59. The van der Waals surface area contributed by atoms with Crippen LogP contribution in [0.4, 0.5) is 17.1 Å². The Labute approximate surface area is 221 Å². The molecule has 3 aliphatic heterocycles. The van der Waals surface area contributed by atoms with Crippen LogP contribution in [0.25, 0.3) is 6.08 Å². The maximum Gasteiger partial charge on any atom is 0.270 e. The molecule has 0 radical (unpaired) electrons. The van der Waals surface area contributed by atoms with Gasteiger partial charge in [0, 0.05) is 36.0 Å². The highest BCUT2D eigenvalue weighted by molar-refractivity contribution is 6.25. The Balaban J connectivity index is 1.49. The smallest absolute Gasteiger partial charge is 0.270 e. The summed E-state index contributed by atoms with van der Waals surface area (Å²) in [5, 5.41) is 22.6. The van der Waals surface area contributed by atoms with Gasteiger partial charge in [-0.15, -0.1) is 0 Å². The Hall–Kier alpha value is -5.19. The Morgan fingerprint density at radius 3 is 2.26 bits per heavy atom. The van der Waals surface area contributed by atoms with Crippen LogP contribution in [-0.4, -0.2) is 38.4 Å². The van der Waals surface area contributed by atoms with Gasteiger partial charge in [-0.2, -0.15) is 0 Å². The fraction of sp³-hybridized carbons (Fsp3) is 0.179. The molecule has 3 heterocycles. The topological polar surface area (TPSA) is 144 Å². The number of carbonyl (C=O) groups is 3. The van der Waals surface area contributed by atoms with Gasteiger partial charge in [0.1, 0.15) is 6.04 Å². The lowest BCUT2D eigenvalue weighted by atomic mass is 9.83. The number of amides is 2. The van der Waals surface area contributed by atoms with E-state index >= 15 is 0 Å². The fourth-order valence-corrected chi connectivity index (χ4v) is 6.04. The van der Waals surface area contributed by atoms with E-state index in [1.54, 1.807) is 18.0 Å². The molecule has 3 aliphatic rings. The van der Waals surface area contributed by atoms with E-state index < -0.39 is 51.4 Å². The number of ketones is 1. The number of anilines is 1. The average Bonchev–Trinajstić information content (AvgIpc) is 3.40. The first-order valence-electron chi connectivity index (χ1n) is 12.1. The van der Waals surface area contributed by atoms with Crippen LogP contribution in [0.3, 0.4) is 0 Å². The van der Waals surface area contributed by atoms with Gasteiger partial charge in [0.05, 0.1) is 33.4 Å². The Bertz CT molecular complexity index is 1650. The summed E-state index contributed by atoms with van der Waals surface area (Å²) in [6.07, 6.45) is 3.51. The van der Waals surface area contributed by atoms with E-state index in [9.17, 15) is 34.6 Å². The van der Waals surface area contributed by atoms with E-state index in [4.69, 9.17) is 0 Å². The zero-order chi connectivity index (χ0) is 27.6. The summed E-state index contributed by atoms with van der Waals surface area (Å²) < 4.78 is 0. The number of Topliss-reactive ketones (excluding diaryl/α,β-unsaturated/α-hetero) is 1. The summed E-state index contributed by atoms with van der Waals surface area (Å²) in [4.78, 5) is 66.1. The van der Waals surface area contributed by atoms with E-state index in [0.29, 0.717) is 5.56 Å². The number of hydrogen-bond donors (Lipinski definition) is 0. The number of rotatable bonds is 5.